The van der Waals surface area contributed by atoms with Gasteiger partial charge in [-0.15, -0.1) is 0 Å². The molecule has 4 aliphatic carbocycles. The third-order valence-electron chi connectivity index (χ3n) is 7.44. The summed E-state index contributed by atoms with van der Waals surface area (Å²) in [5, 5.41) is 20.3. The topological polar surface area (TPSA) is 64.3 Å². The van der Waals surface area contributed by atoms with Crippen molar-refractivity contribution < 1.29 is 9.90 Å². The van der Waals surface area contributed by atoms with Gasteiger partial charge in [-0.1, -0.05) is 6.92 Å². The zero-order chi connectivity index (χ0) is 16.4. The summed E-state index contributed by atoms with van der Waals surface area (Å²) in [6, 6.07) is 2.24. The molecule has 0 aromatic rings. The van der Waals surface area contributed by atoms with Crippen molar-refractivity contribution >= 4 is 5.91 Å². The zero-order valence-corrected chi connectivity index (χ0v) is 14.3. The first kappa shape index (κ1) is 15.4. The lowest BCUT2D eigenvalue weighted by molar-refractivity contribution is -0.186. The van der Waals surface area contributed by atoms with Crippen LogP contribution in [0.1, 0.15) is 65.2 Å². The first-order valence-corrected chi connectivity index (χ1v) is 9.30. The predicted octanol–water partition coefficient (Wildman–Crippen LogP) is 2.86. The summed E-state index contributed by atoms with van der Waals surface area (Å²) in [6.45, 7) is 4.13. The minimum absolute atomic E-state index is 0.0295. The molecule has 126 valence electrons. The van der Waals surface area contributed by atoms with E-state index in [0.717, 1.165) is 44.9 Å². The first-order chi connectivity index (χ1) is 10.9. The number of hydrogen-bond donors (Lipinski definition) is 1. The molecule has 2 unspecified atom stereocenters. The van der Waals surface area contributed by atoms with Gasteiger partial charge in [-0.3, -0.25) is 4.79 Å². The molecular weight excluding hydrogens is 288 g/mol. The van der Waals surface area contributed by atoms with E-state index in [2.05, 4.69) is 19.9 Å². The first-order valence-electron chi connectivity index (χ1n) is 9.30. The lowest BCUT2D eigenvalue weighted by Gasteiger charge is -2.62. The summed E-state index contributed by atoms with van der Waals surface area (Å²) in [5.41, 5.74) is -0.553. The second-order valence-corrected chi connectivity index (χ2v) is 9.09. The van der Waals surface area contributed by atoms with Crippen molar-refractivity contribution in [1.29, 1.82) is 5.26 Å². The Morgan fingerprint density at radius 2 is 1.91 bits per heavy atom. The van der Waals surface area contributed by atoms with Gasteiger partial charge in [0.05, 0.1) is 11.7 Å². The highest BCUT2D eigenvalue weighted by Gasteiger charge is 2.60. The maximum atomic E-state index is 13.2. The van der Waals surface area contributed by atoms with Crippen molar-refractivity contribution in [1.82, 2.24) is 4.90 Å². The third-order valence-corrected chi connectivity index (χ3v) is 7.44. The molecule has 4 heteroatoms. The Labute approximate surface area is 138 Å². The van der Waals surface area contributed by atoms with E-state index in [4.69, 9.17) is 0 Å². The molecule has 0 aromatic carbocycles. The average Bonchev–Trinajstić information content (AvgIpc) is 2.84. The van der Waals surface area contributed by atoms with Gasteiger partial charge in [-0.05, 0) is 75.5 Å². The van der Waals surface area contributed by atoms with Gasteiger partial charge in [0.2, 0.25) is 5.91 Å². The van der Waals surface area contributed by atoms with Gasteiger partial charge in [0.1, 0.15) is 6.04 Å². The maximum Gasteiger partial charge on any atom is 0.227 e. The highest BCUT2D eigenvalue weighted by molar-refractivity contribution is 5.81. The van der Waals surface area contributed by atoms with E-state index in [1.54, 1.807) is 0 Å². The molecule has 4 bridgehead atoms. The SMILES string of the molecule is C[C@H](C(=O)N1[C@H](C#N)CC[C@@H]1C)C12CC3CC(CC(O)(C3)C1)C2. The fourth-order valence-corrected chi connectivity index (χ4v) is 6.76. The molecule has 1 heterocycles. The van der Waals surface area contributed by atoms with E-state index >= 15 is 0 Å². The Bertz CT molecular complexity index is 552. The van der Waals surface area contributed by atoms with Gasteiger partial charge in [0, 0.05) is 12.0 Å². The van der Waals surface area contributed by atoms with Gasteiger partial charge in [-0.25, -0.2) is 0 Å². The molecule has 4 nitrogen and oxygen atoms in total. The molecule has 1 N–H and O–H groups in total. The number of hydrogen-bond acceptors (Lipinski definition) is 3. The Morgan fingerprint density at radius 3 is 2.48 bits per heavy atom. The molecule has 5 rings (SSSR count). The van der Waals surface area contributed by atoms with Gasteiger partial charge in [0.15, 0.2) is 0 Å². The normalized spacial score (nSPS) is 49.2. The predicted molar refractivity (Wildman–Crippen MR) is 86.2 cm³/mol. The zero-order valence-electron chi connectivity index (χ0n) is 14.3. The van der Waals surface area contributed by atoms with Crippen LogP contribution in [0, 0.1) is 34.5 Å². The summed E-state index contributed by atoms with van der Waals surface area (Å²) in [5.74, 6) is 1.28. The highest BCUT2D eigenvalue weighted by Crippen LogP contribution is 2.64. The molecular formula is C19H28N2O2. The van der Waals surface area contributed by atoms with Crippen LogP contribution in [0.2, 0.25) is 0 Å². The van der Waals surface area contributed by atoms with Crippen molar-refractivity contribution in [3.8, 4) is 6.07 Å². The molecule has 0 radical (unpaired) electrons. The number of likely N-dealkylation sites (tertiary alicyclic amines) is 1. The van der Waals surface area contributed by atoms with Crippen LogP contribution in [0.3, 0.4) is 0 Å². The molecule has 23 heavy (non-hydrogen) atoms. The second kappa shape index (κ2) is 4.96. The number of aliphatic hydroxyl groups is 1. The van der Waals surface area contributed by atoms with Gasteiger partial charge in [-0.2, -0.15) is 5.26 Å². The summed E-state index contributed by atoms with van der Waals surface area (Å²) < 4.78 is 0. The number of nitrogens with zero attached hydrogens (tertiary/aromatic N) is 2. The van der Waals surface area contributed by atoms with Crippen LogP contribution in [0.25, 0.3) is 0 Å². The monoisotopic (exact) mass is 316 g/mol. The van der Waals surface area contributed by atoms with Crippen LogP contribution in [0.4, 0.5) is 0 Å². The van der Waals surface area contributed by atoms with E-state index in [-0.39, 0.29) is 29.3 Å². The van der Waals surface area contributed by atoms with Crippen molar-refractivity contribution in [3.05, 3.63) is 0 Å². The summed E-state index contributed by atoms with van der Waals surface area (Å²) in [4.78, 5) is 15.1. The van der Waals surface area contributed by atoms with Gasteiger partial charge >= 0.3 is 0 Å². The Balaban J connectivity index is 1.60. The Kier molecular flexibility index (Phi) is 3.33. The van der Waals surface area contributed by atoms with Crippen LogP contribution in [0.5, 0.6) is 0 Å². The summed E-state index contributed by atoms with van der Waals surface area (Å²) in [6.07, 6.45) is 7.83. The van der Waals surface area contributed by atoms with Crippen molar-refractivity contribution in [2.75, 3.05) is 0 Å². The molecule has 0 spiro atoms. The van der Waals surface area contributed by atoms with Gasteiger partial charge in [0.25, 0.3) is 0 Å². The number of carbonyl (C=O) groups is 1. The van der Waals surface area contributed by atoms with E-state index in [0.29, 0.717) is 11.8 Å². The Morgan fingerprint density at radius 1 is 1.26 bits per heavy atom. The number of rotatable bonds is 2. The highest BCUT2D eigenvalue weighted by atomic mass is 16.3. The number of amides is 1. The molecule has 5 atom stereocenters. The van der Waals surface area contributed by atoms with E-state index < -0.39 is 5.60 Å². The van der Waals surface area contributed by atoms with Crippen LogP contribution in [0.15, 0.2) is 0 Å². The average molecular weight is 316 g/mol. The smallest absolute Gasteiger partial charge is 0.227 e. The molecule has 5 aliphatic rings. The van der Waals surface area contributed by atoms with Gasteiger partial charge < -0.3 is 10.0 Å². The minimum atomic E-state index is -0.524. The summed E-state index contributed by atoms with van der Waals surface area (Å²) in [7, 11) is 0. The van der Waals surface area contributed by atoms with Crippen molar-refractivity contribution in [2.24, 2.45) is 23.2 Å². The fraction of sp³-hybridized carbons (Fsp3) is 0.895. The molecule has 1 saturated heterocycles. The van der Waals surface area contributed by atoms with Crippen LogP contribution in [-0.2, 0) is 4.79 Å². The van der Waals surface area contributed by atoms with Crippen LogP contribution >= 0.6 is 0 Å². The fourth-order valence-electron chi connectivity index (χ4n) is 6.76. The van der Waals surface area contributed by atoms with Crippen LogP contribution in [-0.4, -0.2) is 33.6 Å². The largest absolute Gasteiger partial charge is 0.390 e. The maximum absolute atomic E-state index is 13.2. The number of nitriles is 1. The summed E-state index contributed by atoms with van der Waals surface area (Å²) >= 11 is 0. The molecule has 0 aromatic heterocycles. The standard InChI is InChI=1S/C19H28N2O2/c1-12-3-4-16(10-20)21(12)17(22)13(2)18-6-14-5-15(7-18)9-19(23,8-14)11-18/h12-16,23H,3-9,11H2,1-2H3/t12-,13+,14?,15?,16-,18?,19?/m0/s1. The van der Waals surface area contributed by atoms with Crippen molar-refractivity contribution in [2.45, 2.75) is 82.9 Å². The van der Waals surface area contributed by atoms with E-state index in [9.17, 15) is 15.2 Å². The third kappa shape index (κ3) is 2.23. The van der Waals surface area contributed by atoms with Crippen molar-refractivity contribution in [3.63, 3.8) is 0 Å². The molecule has 4 saturated carbocycles. The molecule has 1 aliphatic heterocycles. The quantitative estimate of drug-likeness (QED) is 0.852. The van der Waals surface area contributed by atoms with Crippen LogP contribution < -0.4 is 0 Å². The lowest BCUT2D eigenvalue weighted by atomic mass is 9.45. The molecule has 1 amide bonds. The number of carbonyl (C=O) groups excluding carboxylic acids is 1. The minimum Gasteiger partial charge on any atom is -0.390 e. The molecule has 5 fully saturated rings. The lowest BCUT2D eigenvalue weighted by Crippen LogP contribution is -2.60. The second-order valence-electron chi connectivity index (χ2n) is 9.09. The van der Waals surface area contributed by atoms with E-state index in [1.165, 1.54) is 6.42 Å². The Hall–Kier alpha value is -1.08. The van der Waals surface area contributed by atoms with E-state index in [1.807, 2.05) is 4.90 Å².